The molecule has 0 spiro atoms. The first-order chi connectivity index (χ1) is 21.3. The molecule has 1 saturated heterocycles. The van der Waals surface area contributed by atoms with E-state index in [9.17, 15) is 18.7 Å². The largest absolute Gasteiger partial charge is 0.480 e. The minimum Gasteiger partial charge on any atom is -0.480 e. The third kappa shape index (κ3) is 5.17. The third-order valence-electron chi connectivity index (χ3n) is 9.47. The molecule has 1 N–H and O–H groups in total. The molecular weight excluding hydrogens is 593 g/mol. The average molecular weight is 625 g/mol. The Kier molecular flexibility index (Phi) is 7.45. The summed E-state index contributed by atoms with van der Waals surface area (Å²) in [6, 6.07) is 13.1. The summed E-state index contributed by atoms with van der Waals surface area (Å²) in [5, 5.41) is 10.5. The first-order valence-corrected chi connectivity index (χ1v) is 15.3. The second-order valence-corrected chi connectivity index (χ2v) is 12.7. The lowest BCUT2D eigenvalue weighted by Crippen LogP contribution is -2.54. The van der Waals surface area contributed by atoms with Gasteiger partial charge < -0.3 is 14.7 Å². The molecule has 7 nitrogen and oxygen atoms in total. The Bertz CT molecular complexity index is 1630. The summed E-state index contributed by atoms with van der Waals surface area (Å²) >= 11 is 5.92. The van der Waals surface area contributed by atoms with Crippen LogP contribution in [0.25, 0.3) is 5.83 Å². The fourth-order valence-electron chi connectivity index (χ4n) is 6.82. The zero-order chi connectivity index (χ0) is 30.6. The number of likely N-dealkylation sites (tertiary alicyclic amines) is 1. The first-order valence-electron chi connectivity index (χ1n) is 14.9. The molecule has 11 heteroatoms. The molecule has 2 unspecified atom stereocenters. The summed E-state index contributed by atoms with van der Waals surface area (Å²) in [6.07, 6.45) is 3.43. The molecule has 7 rings (SSSR count). The molecule has 2 atom stereocenters. The van der Waals surface area contributed by atoms with E-state index in [0.29, 0.717) is 49.0 Å². The zero-order valence-electron chi connectivity index (χ0n) is 23.9. The summed E-state index contributed by atoms with van der Waals surface area (Å²) in [5.41, 5.74) is 1.50. The molecule has 0 radical (unpaired) electrons. The van der Waals surface area contributed by atoms with E-state index in [0.717, 1.165) is 31.2 Å². The van der Waals surface area contributed by atoms with Crippen molar-refractivity contribution in [3.05, 3.63) is 88.3 Å². The third-order valence-corrected chi connectivity index (χ3v) is 9.71. The number of pyridine rings is 1. The van der Waals surface area contributed by atoms with Crippen LogP contribution < -0.4 is 14.5 Å². The Hall–Kier alpha value is -3.76. The first kappa shape index (κ1) is 29.0. The van der Waals surface area contributed by atoms with Gasteiger partial charge in [-0.1, -0.05) is 29.8 Å². The van der Waals surface area contributed by atoms with Crippen molar-refractivity contribution in [2.75, 3.05) is 42.7 Å². The lowest BCUT2D eigenvalue weighted by molar-refractivity contribution is 0.178. The number of halogens is 4. The number of piperidine rings is 1. The standard InChI is InChI=1S/C33H32ClF3N4O3/c34-21-6-7-23(25(36)15-21)28-16-26(37)24-4-1-3-22(30(24)44-28)20-8-13-39(14-9-20)17-29-40(19-33(18-35)10-11-33)31-27(5-2-12-38-31)41(29)32(42)43/h1-7,12,15-16,20,28-29H,8-11,13-14,17-19H2,(H,42,43). The number of aromatic nitrogens is 1. The average Bonchev–Trinajstić information content (AvgIpc) is 3.73. The van der Waals surface area contributed by atoms with Crippen LogP contribution >= 0.6 is 11.6 Å². The van der Waals surface area contributed by atoms with E-state index in [2.05, 4.69) is 9.88 Å². The normalized spacial score (nSPS) is 22.7. The summed E-state index contributed by atoms with van der Waals surface area (Å²) in [7, 11) is 0. The van der Waals surface area contributed by atoms with Crippen LogP contribution in [-0.2, 0) is 0 Å². The molecule has 1 aliphatic carbocycles. The van der Waals surface area contributed by atoms with Crippen LogP contribution in [0.1, 0.15) is 54.4 Å². The van der Waals surface area contributed by atoms with Crippen molar-refractivity contribution >= 4 is 35.0 Å². The minimum atomic E-state index is -1.07. The zero-order valence-corrected chi connectivity index (χ0v) is 24.7. The number of carbonyl (C=O) groups is 1. The van der Waals surface area contributed by atoms with E-state index < -0.39 is 42.1 Å². The van der Waals surface area contributed by atoms with Gasteiger partial charge in [0.25, 0.3) is 0 Å². The summed E-state index contributed by atoms with van der Waals surface area (Å²) in [6.45, 7) is 1.77. The Morgan fingerprint density at radius 1 is 1.09 bits per heavy atom. The van der Waals surface area contributed by atoms with Crippen LogP contribution in [0.5, 0.6) is 5.75 Å². The molecule has 2 fully saturated rings. The van der Waals surface area contributed by atoms with Crippen molar-refractivity contribution < 1.29 is 27.8 Å². The molecule has 1 saturated carbocycles. The van der Waals surface area contributed by atoms with E-state index in [1.807, 2.05) is 17.0 Å². The molecule has 2 aromatic carbocycles. The molecule has 230 valence electrons. The number of nitrogens with zero attached hydrogens (tertiary/aromatic N) is 4. The van der Waals surface area contributed by atoms with Gasteiger partial charge >= 0.3 is 6.09 Å². The van der Waals surface area contributed by atoms with Gasteiger partial charge in [-0.2, -0.15) is 0 Å². The number of para-hydroxylation sites is 1. The number of fused-ring (bicyclic) bond motifs is 2. The van der Waals surface area contributed by atoms with Crippen LogP contribution in [0.2, 0.25) is 5.02 Å². The van der Waals surface area contributed by atoms with Crippen molar-refractivity contribution in [2.24, 2.45) is 5.41 Å². The fourth-order valence-corrected chi connectivity index (χ4v) is 6.98. The van der Waals surface area contributed by atoms with E-state index in [4.69, 9.17) is 16.3 Å². The lowest BCUT2D eigenvalue weighted by Gasteiger charge is -2.39. The monoisotopic (exact) mass is 624 g/mol. The van der Waals surface area contributed by atoms with Gasteiger partial charge in [-0.25, -0.2) is 18.6 Å². The van der Waals surface area contributed by atoms with Gasteiger partial charge in [0.2, 0.25) is 0 Å². The Labute approximate surface area is 258 Å². The SMILES string of the molecule is O=C(O)N1c2cccnc2N(CC2(CF)CC2)C1CN1CCC(c2cccc3c2OC(c2ccc(Cl)cc2F)C=C3F)CC1. The Balaban J connectivity index is 1.09. The van der Waals surface area contributed by atoms with Crippen LogP contribution in [-0.4, -0.2) is 60.1 Å². The highest BCUT2D eigenvalue weighted by Gasteiger charge is 2.50. The van der Waals surface area contributed by atoms with Crippen molar-refractivity contribution in [3.8, 4) is 5.75 Å². The molecule has 3 aromatic rings. The number of carboxylic acid groups (broad SMARTS) is 1. The second kappa shape index (κ2) is 11.3. The number of hydrogen-bond donors (Lipinski definition) is 1. The van der Waals surface area contributed by atoms with Gasteiger partial charge in [0, 0.05) is 35.3 Å². The Morgan fingerprint density at radius 3 is 2.59 bits per heavy atom. The Morgan fingerprint density at radius 2 is 1.89 bits per heavy atom. The van der Waals surface area contributed by atoms with Crippen LogP contribution in [0.3, 0.4) is 0 Å². The van der Waals surface area contributed by atoms with Gasteiger partial charge in [0.15, 0.2) is 5.82 Å². The van der Waals surface area contributed by atoms with Crippen molar-refractivity contribution in [2.45, 2.75) is 43.9 Å². The molecule has 4 heterocycles. The van der Waals surface area contributed by atoms with Crippen LogP contribution in [0, 0.1) is 11.2 Å². The predicted molar refractivity (Wildman–Crippen MR) is 162 cm³/mol. The fraction of sp³-hybridized carbons (Fsp3) is 0.394. The maximum atomic E-state index is 15.3. The van der Waals surface area contributed by atoms with Crippen molar-refractivity contribution in [1.82, 2.24) is 9.88 Å². The van der Waals surface area contributed by atoms with E-state index >= 15 is 4.39 Å². The number of ether oxygens (including phenoxy) is 1. The smallest absolute Gasteiger partial charge is 0.413 e. The van der Waals surface area contributed by atoms with Crippen LogP contribution in [0.4, 0.5) is 29.5 Å². The molecule has 1 amide bonds. The number of hydrogen-bond acceptors (Lipinski definition) is 5. The molecule has 1 aromatic heterocycles. The minimum absolute atomic E-state index is 0.0678. The van der Waals surface area contributed by atoms with E-state index in [1.54, 1.807) is 30.5 Å². The van der Waals surface area contributed by atoms with Gasteiger partial charge in [-0.05, 0) is 86.7 Å². The maximum absolute atomic E-state index is 15.3. The highest BCUT2D eigenvalue weighted by atomic mass is 35.5. The summed E-state index contributed by atoms with van der Waals surface area (Å²) in [4.78, 5) is 22.5. The lowest BCUT2D eigenvalue weighted by atomic mass is 9.86. The number of anilines is 2. The number of benzene rings is 2. The van der Waals surface area contributed by atoms with Gasteiger partial charge in [0.1, 0.15) is 29.7 Å². The van der Waals surface area contributed by atoms with E-state index in [-0.39, 0.29) is 16.5 Å². The maximum Gasteiger partial charge on any atom is 0.413 e. The van der Waals surface area contributed by atoms with Crippen LogP contribution in [0.15, 0.2) is 60.8 Å². The molecule has 0 bridgehead atoms. The second-order valence-electron chi connectivity index (χ2n) is 12.3. The van der Waals surface area contributed by atoms with Gasteiger partial charge in [0.05, 0.1) is 17.9 Å². The van der Waals surface area contributed by atoms with Crippen molar-refractivity contribution in [3.63, 3.8) is 0 Å². The number of amides is 1. The van der Waals surface area contributed by atoms with E-state index in [1.165, 1.54) is 23.1 Å². The number of alkyl halides is 1. The highest BCUT2D eigenvalue weighted by molar-refractivity contribution is 6.30. The highest BCUT2D eigenvalue weighted by Crippen LogP contribution is 2.50. The molecule has 44 heavy (non-hydrogen) atoms. The molecule has 3 aliphatic heterocycles. The van der Waals surface area contributed by atoms with Crippen molar-refractivity contribution in [1.29, 1.82) is 0 Å². The topological polar surface area (TPSA) is 69.1 Å². The van der Waals surface area contributed by atoms with Gasteiger partial charge in [-0.3, -0.25) is 14.2 Å². The predicted octanol–water partition coefficient (Wildman–Crippen LogP) is 7.58. The quantitative estimate of drug-likeness (QED) is 0.292. The number of rotatable bonds is 7. The summed E-state index contributed by atoms with van der Waals surface area (Å²) < 4.78 is 50.2. The van der Waals surface area contributed by atoms with Gasteiger partial charge in [-0.15, -0.1) is 0 Å². The summed E-state index contributed by atoms with van der Waals surface area (Å²) in [5.74, 6) is 0.0397. The molecule has 4 aliphatic rings. The molecular formula is C33H32ClF3N4O3.